The molecular weight excluding hydrogens is 332 g/mol. The van der Waals surface area contributed by atoms with Gasteiger partial charge in [-0.15, -0.1) is 0 Å². The van der Waals surface area contributed by atoms with Crippen molar-refractivity contribution in [3.63, 3.8) is 0 Å². The Hall–Kier alpha value is -3.13. The minimum Gasteiger partial charge on any atom is -0.508 e. The first-order chi connectivity index (χ1) is 11.9. The number of phenolic OH excluding ortho intramolecular Hbond substituents is 3. The summed E-state index contributed by atoms with van der Waals surface area (Å²) in [7, 11) is 2.73. The quantitative estimate of drug-likeness (QED) is 0.657. The van der Waals surface area contributed by atoms with Crippen LogP contribution in [0.5, 0.6) is 34.5 Å². The Balaban J connectivity index is 2.10. The van der Waals surface area contributed by atoms with Crippen molar-refractivity contribution < 1.29 is 39.4 Å². The molecule has 2 atom stereocenters. The number of rotatable bonds is 3. The summed E-state index contributed by atoms with van der Waals surface area (Å²) in [6, 6.07) is 4.87. The first kappa shape index (κ1) is 16.7. The topological polar surface area (TPSA) is 126 Å². The molecule has 132 valence electrons. The lowest BCUT2D eigenvalue weighted by molar-refractivity contribution is 0.0209. The van der Waals surface area contributed by atoms with E-state index in [0.29, 0.717) is 0 Å². The molecule has 1 heterocycles. The maximum atomic E-state index is 12.4. The van der Waals surface area contributed by atoms with Crippen molar-refractivity contribution in [1.82, 2.24) is 0 Å². The molecule has 0 saturated carbocycles. The molecule has 8 heteroatoms. The van der Waals surface area contributed by atoms with Gasteiger partial charge in [-0.1, -0.05) is 0 Å². The summed E-state index contributed by atoms with van der Waals surface area (Å²) >= 11 is 0. The molecule has 0 unspecified atom stereocenters. The standard InChI is InChI=1S/C17H16O8/c1-23-12-4-7(3-10(20)17(12)24-2)16-15(22)14(21)13-9(19)5-8(18)6-11(13)25-16/h3-6,15-16,18-20,22H,1-2H3/t15-,16+/m0/s1. The van der Waals surface area contributed by atoms with Gasteiger partial charge in [0, 0.05) is 17.7 Å². The lowest BCUT2D eigenvalue weighted by Gasteiger charge is -2.30. The maximum absolute atomic E-state index is 12.4. The van der Waals surface area contributed by atoms with Crippen LogP contribution in [0, 0.1) is 0 Å². The van der Waals surface area contributed by atoms with E-state index in [4.69, 9.17) is 14.2 Å². The van der Waals surface area contributed by atoms with Crippen molar-refractivity contribution in [3.05, 3.63) is 35.4 Å². The molecule has 25 heavy (non-hydrogen) atoms. The van der Waals surface area contributed by atoms with Gasteiger partial charge in [-0.2, -0.15) is 0 Å². The monoisotopic (exact) mass is 348 g/mol. The highest BCUT2D eigenvalue weighted by Crippen LogP contribution is 2.45. The number of phenols is 3. The molecular formula is C17H16O8. The fraction of sp³-hybridized carbons (Fsp3) is 0.235. The molecule has 0 fully saturated rings. The van der Waals surface area contributed by atoms with Gasteiger partial charge >= 0.3 is 0 Å². The first-order valence-electron chi connectivity index (χ1n) is 7.27. The van der Waals surface area contributed by atoms with Crippen molar-refractivity contribution in [2.75, 3.05) is 14.2 Å². The predicted octanol–water partition coefficient (Wildman–Crippen LogP) is 1.50. The third-order valence-corrected chi connectivity index (χ3v) is 3.93. The second kappa shape index (κ2) is 6.06. The number of carbonyl (C=O) groups is 1. The van der Waals surface area contributed by atoms with E-state index in [0.717, 1.165) is 12.1 Å². The highest BCUT2D eigenvalue weighted by Gasteiger charge is 2.39. The molecule has 0 aromatic heterocycles. The van der Waals surface area contributed by atoms with E-state index < -0.39 is 23.7 Å². The van der Waals surface area contributed by atoms with Crippen LogP contribution in [-0.4, -0.2) is 46.5 Å². The summed E-state index contributed by atoms with van der Waals surface area (Å²) in [6.45, 7) is 0. The van der Waals surface area contributed by atoms with E-state index >= 15 is 0 Å². The summed E-state index contributed by atoms with van der Waals surface area (Å²) in [5, 5.41) is 39.8. The third kappa shape index (κ3) is 2.66. The number of hydrogen-bond donors (Lipinski definition) is 4. The van der Waals surface area contributed by atoms with Gasteiger partial charge in [0.2, 0.25) is 11.5 Å². The van der Waals surface area contributed by atoms with Gasteiger partial charge in [0.25, 0.3) is 0 Å². The fourth-order valence-corrected chi connectivity index (χ4v) is 2.79. The van der Waals surface area contributed by atoms with Crippen LogP contribution in [0.2, 0.25) is 0 Å². The van der Waals surface area contributed by atoms with E-state index in [1.54, 1.807) is 0 Å². The highest BCUT2D eigenvalue weighted by atomic mass is 16.5. The number of aliphatic hydroxyl groups excluding tert-OH is 1. The van der Waals surface area contributed by atoms with E-state index in [9.17, 15) is 25.2 Å². The van der Waals surface area contributed by atoms with Crippen molar-refractivity contribution >= 4 is 5.78 Å². The predicted molar refractivity (Wildman–Crippen MR) is 84.7 cm³/mol. The molecule has 0 saturated heterocycles. The molecule has 3 rings (SSSR count). The number of ether oxygens (including phenoxy) is 3. The zero-order chi connectivity index (χ0) is 18.3. The zero-order valence-electron chi connectivity index (χ0n) is 13.4. The average molecular weight is 348 g/mol. The highest BCUT2D eigenvalue weighted by molar-refractivity contribution is 6.05. The van der Waals surface area contributed by atoms with Gasteiger partial charge in [0.1, 0.15) is 22.8 Å². The van der Waals surface area contributed by atoms with Crippen molar-refractivity contribution in [3.8, 4) is 34.5 Å². The van der Waals surface area contributed by atoms with Crippen molar-refractivity contribution in [1.29, 1.82) is 0 Å². The molecule has 1 aliphatic heterocycles. The summed E-state index contributed by atoms with van der Waals surface area (Å²) in [6.07, 6.45) is -2.80. The number of methoxy groups -OCH3 is 2. The van der Waals surface area contributed by atoms with Gasteiger partial charge in [-0.25, -0.2) is 0 Å². The van der Waals surface area contributed by atoms with Gasteiger partial charge < -0.3 is 34.6 Å². The number of carbonyl (C=O) groups excluding carboxylic acids is 1. The molecule has 0 aliphatic carbocycles. The Kier molecular flexibility index (Phi) is 4.05. The van der Waals surface area contributed by atoms with Crippen LogP contribution in [-0.2, 0) is 0 Å². The van der Waals surface area contributed by atoms with Crippen LogP contribution >= 0.6 is 0 Å². The number of aliphatic hydroxyl groups is 1. The van der Waals surface area contributed by atoms with Crippen LogP contribution in [0.1, 0.15) is 22.0 Å². The molecule has 0 radical (unpaired) electrons. The van der Waals surface area contributed by atoms with Crippen LogP contribution in [0.25, 0.3) is 0 Å². The number of benzene rings is 2. The Bertz CT molecular complexity index is 845. The zero-order valence-corrected chi connectivity index (χ0v) is 13.4. The number of hydrogen-bond acceptors (Lipinski definition) is 8. The summed E-state index contributed by atoms with van der Waals surface area (Å²) < 4.78 is 15.8. The second-order valence-electron chi connectivity index (χ2n) is 5.46. The van der Waals surface area contributed by atoms with Gasteiger partial charge in [0.15, 0.2) is 23.7 Å². The van der Waals surface area contributed by atoms with E-state index in [-0.39, 0.29) is 39.9 Å². The number of aromatic hydroxyl groups is 3. The van der Waals surface area contributed by atoms with Crippen LogP contribution in [0.15, 0.2) is 24.3 Å². The molecule has 0 bridgehead atoms. The van der Waals surface area contributed by atoms with E-state index in [2.05, 4.69) is 0 Å². The fourth-order valence-electron chi connectivity index (χ4n) is 2.79. The number of Topliss-reactive ketones (excluding diaryl/α,β-unsaturated/α-hetero) is 1. The van der Waals surface area contributed by atoms with E-state index in [1.807, 2.05) is 0 Å². The molecule has 0 spiro atoms. The van der Waals surface area contributed by atoms with Gasteiger partial charge in [-0.3, -0.25) is 4.79 Å². The lowest BCUT2D eigenvalue weighted by atomic mass is 9.92. The van der Waals surface area contributed by atoms with E-state index in [1.165, 1.54) is 26.4 Å². The smallest absolute Gasteiger partial charge is 0.203 e. The Morgan fingerprint density at radius 1 is 1.00 bits per heavy atom. The SMILES string of the molecule is COc1cc([C@H]2Oc3cc(O)cc(O)c3C(=O)[C@@H]2O)cc(O)c1OC. The molecule has 8 nitrogen and oxygen atoms in total. The summed E-state index contributed by atoms with van der Waals surface area (Å²) in [5.74, 6) is -1.61. The number of ketones is 1. The Morgan fingerprint density at radius 2 is 1.72 bits per heavy atom. The normalized spacial score (nSPS) is 19.1. The maximum Gasteiger partial charge on any atom is 0.203 e. The van der Waals surface area contributed by atoms with Gasteiger partial charge in [-0.05, 0) is 12.1 Å². The summed E-state index contributed by atoms with van der Waals surface area (Å²) in [4.78, 5) is 12.4. The molecule has 2 aromatic carbocycles. The molecule has 0 amide bonds. The van der Waals surface area contributed by atoms with Crippen molar-refractivity contribution in [2.24, 2.45) is 0 Å². The van der Waals surface area contributed by atoms with Crippen molar-refractivity contribution in [2.45, 2.75) is 12.2 Å². The van der Waals surface area contributed by atoms with Crippen LogP contribution in [0.3, 0.4) is 0 Å². The Morgan fingerprint density at radius 3 is 2.36 bits per heavy atom. The van der Waals surface area contributed by atoms with Crippen LogP contribution < -0.4 is 14.2 Å². The third-order valence-electron chi connectivity index (χ3n) is 3.93. The molecule has 4 N–H and O–H groups in total. The lowest BCUT2D eigenvalue weighted by Crippen LogP contribution is -2.36. The second-order valence-corrected chi connectivity index (χ2v) is 5.46. The van der Waals surface area contributed by atoms with Gasteiger partial charge in [0.05, 0.1) is 14.2 Å². The first-order valence-corrected chi connectivity index (χ1v) is 7.27. The number of fused-ring (bicyclic) bond motifs is 1. The van der Waals surface area contributed by atoms with Crippen LogP contribution in [0.4, 0.5) is 0 Å². The summed E-state index contributed by atoms with van der Waals surface area (Å²) in [5.41, 5.74) is 0.0377. The molecule has 2 aromatic rings. The minimum absolute atomic E-state index is 0.0768. The average Bonchev–Trinajstić information content (AvgIpc) is 2.56. The molecule has 1 aliphatic rings. The minimum atomic E-state index is -1.62. The Labute approximate surface area is 142 Å². The largest absolute Gasteiger partial charge is 0.508 e.